The van der Waals surface area contributed by atoms with E-state index in [1.54, 1.807) is 6.07 Å². The number of nitrogens with two attached hydrogens (primary N) is 1. The fourth-order valence-corrected chi connectivity index (χ4v) is 2.58. The van der Waals surface area contributed by atoms with Gasteiger partial charge in [0.05, 0.1) is 5.56 Å². The standard InChI is InChI=1S/C13H19F3N2S/c1-18(7-3-6-17)8-9-19-12-5-2-4-11(10-12)13(14,15)16/h2,4-5,10H,3,6-9,17H2,1H3. The molecule has 0 bridgehead atoms. The molecular formula is C13H19F3N2S. The van der Waals surface area contributed by atoms with Gasteiger partial charge in [0.2, 0.25) is 0 Å². The maximum Gasteiger partial charge on any atom is 0.416 e. The number of thioether (sulfide) groups is 1. The molecule has 0 aliphatic rings. The number of halogens is 3. The van der Waals surface area contributed by atoms with Crippen LogP contribution >= 0.6 is 11.8 Å². The Morgan fingerprint density at radius 2 is 2.00 bits per heavy atom. The van der Waals surface area contributed by atoms with Crippen LogP contribution in [0.1, 0.15) is 12.0 Å². The number of hydrogen-bond donors (Lipinski definition) is 1. The summed E-state index contributed by atoms with van der Waals surface area (Å²) in [6, 6.07) is 5.45. The average molecular weight is 292 g/mol. The smallest absolute Gasteiger partial charge is 0.330 e. The Labute approximate surface area is 116 Å². The maximum atomic E-state index is 12.5. The number of alkyl halides is 3. The van der Waals surface area contributed by atoms with Gasteiger partial charge in [-0.15, -0.1) is 11.8 Å². The summed E-state index contributed by atoms with van der Waals surface area (Å²) in [5.41, 5.74) is 4.83. The molecular weight excluding hydrogens is 273 g/mol. The molecule has 0 unspecified atom stereocenters. The van der Waals surface area contributed by atoms with Crippen molar-refractivity contribution in [2.45, 2.75) is 17.5 Å². The second kappa shape index (κ2) is 7.77. The molecule has 1 aromatic rings. The van der Waals surface area contributed by atoms with E-state index in [9.17, 15) is 13.2 Å². The molecule has 19 heavy (non-hydrogen) atoms. The fraction of sp³-hybridized carbons (Fsp3) is 0.538. The largest absolute Gasteiger partial charge is 0.416 e. The lowest BCUT2D eigenvalue weighted by atomic mass is 10.2. The molecule has 108 valence electrons. The molecule has 2 N–H and O–H groups in total. The molecule has 0 aromatic heterocycles. The van der Waals surface area contributed by atoms with E-state index in [2.05, 4.69) is 4.90 Å². The van der Waals surface area contributed by atoms with E-state index >= 15 is 0 Å². The Morgan fingerprint density at radius 3 is 2.63 bits per heavy atom. The van der Waals surface area contributed by atoms with Crippen molar-refractivity contribution < 1.29 is 13.2 Å². The van der Waals surface area contributed by atoms with Gasteiger partial charge in [-0.25, -0.2) is 0 Å². The maximum absolute atomic E-state index is 12.5. The molecule has 0 fully saturated rings. The SMILES string of the molecule is CN(CCCN)CCSc1cccc(C(F)(F)F)c1. The first kappa shape index (κ1) is 16.3. The van der Waals surface area contributed by atoms with Gasteiger partial charge >= 0.3 is 6.18 Å². The molecule has 1 rings (SSSR count). The molecule has 1 aromatic carbocycles. The summed E-state index contributed by atoms with van der Waals surface area (Å²) in [5.74, 6) is 0.766. The van der Waals surface area contributed by atoms with Crippen LogP contribution < -0.4 is 5.73 Å². The summed E-state index contributed by atoms with van der Waals surface area (Å²) in [5, 5.41) is 0. The van der Waals surface area contributed by atoms with Crippen molar-refractivity contribution >= 4 is 11.8 Å². The predicted octanol–water partition coefficient (Wildman–Crippen LogP) is 3.08. The van der Waals surface area contributed by atoms with Crippen LogP contribution in [0, 0.1) is 0 Å². The summed E-state index contributed by atoms with van der Waals surface area (Å²) >= 11 is 1.44. The molecule has 0 saturated heterocycles. The van der Waals surface area contributed by atoms with E-state index in [1.165, 1.54) is 23.9 Å². The van der Waals surface area contributed by atoms with Gasteiger partial charge in [0.1, 0.15) is 0 Å². The average Bonchev–Trinajstić information content (AvgIpc) is 2.36. The first-order valence-electron chi connectivity index (χ1n) is 6.12. The Balaban J connectivity index is 2.41. The summed E-state index contributed by atoms with van der Waals surface area (Å²) < 4.78 is 37.6. The third-order valence-electron chi connectivity index (χ3n) is 2.65. The number of hydrogen-bond acceptors (Lipinski definition) is 3. The van der Waals surface area contributed by atoms with Crippen LogP contribution in [0.3, 0.4) is 0 Å². The third-order valence-corrected chi connectivity index (χ3v) is 3.62. The molecule has 0 radical (unpaired) electrons. The quantitative estimate of drug-likeness (QED) is 0.783. The van der Waals surface area contributed by atoms with Crippen LogP contribution in [0.4, 0.5) is 13.2 Å². The summed E-state index contributed by atoms with van der Waals surface area (Å²) in [4.78, 5) is 2.79. The molecule has 0 aliphatic carbocycles. The highest BCUT2D eigenvalue weighted by Crippen LogP contribution is 2.31. The summed E-state index contributed by atoms with van der Waals surface area (Å²) in [7, 11) is 1.99. The minimum absolute atomic E-state index is 0.589. The molecule has 0 saturated carbocycles. The lowest BCUT2D eigenvalue weighted by Crippen LogP contribution is -2.24. The van der Waals surface area contributed by atoms with Gasteiger partial charge in [0.15, 0.2) is 0 Å². The van der Waals surface area contributed by atoms with Crippen LogP contribution in [0.25, 0.3) is 0 Å². The highest BCUT2D eigenvalue weighted by molar-refractivity contribution is 7.99. The van der Waals surface area contributed by atoms with Crippen molar-refractivity contribution in [2.24, 2.45) is 5.73 Å². The molecule has 0 heterocycles. The van der Waals surface area contributed by atoms with Crippen molar-refractivity contribution in [1.29, 1.82) is 0 Å². The lowest BCUT2D eigenvalue weighted by molar-refractivity contribution is -0.137. The van der Waals surface area contributed by atoms with Crippen molar-refractivity contribution in [3.8, 4) is 0 Å². The highest BCUT2D eigenvalue weighted by Gasteiger charge is 2.30. The van der Waals surface area contributed by atoms with Crippen molar-refractivity contribution in [3.63, 3.8) is 0 Å². The van der Waals surface area contributed by atoms with Gasteiger partial charge in [0.25, 0.3) is 0 Å². The summed E-state index contributed by atoms with van der Waals surface area (Å²) in [6.45, 7) is 2.41. The monoisotopic (exact) mass is 292 g/mol. The second-order valence-corrected chi connectivity index (χ2v) is 5.49. The first-order chi connectivity index (χ1) is 8.93. The predicted molar refractivity (Wildman–Crippen MR) is 73.3 cm³/mol. The van der Waals surface area contributed by atoms with Gasteiger partial charge in [-0.2, -0.15) is 13.2 Å². The molecule has 2 nitrogen and oxygen atoms in total. The van der Waals surface area contributed by atoms with Crippen LogP contribution in [0.2, 0.25) is 0 Å². The van der Waals surface area contributed by atoms with Crippen LogP contribution in [-0.2, 0) is 6.18 Å². The minimum Gasteiger partial charge on any atom is -0.330 e. The van der Waals surface area contributed by atoms with Crippen LogP contribution in [0.15, 0.2) is 29.2 Å². The van der Waals surface area contributed by atoms with E-state index in [0.29, 0.717) is 11.4 Å². The molecule has 0 amide bonds. The third kappa shape index (κ3) is 6.31. The lowest BCUT2D eigenvalue weighted by Gasteiger charge is -2.15. The van der Waals surface area contributed by atoms with Crippen molar-refractivity contribution in [1.82, 2.24) is 4.90 Å². The number of rotatable bonds is 7. The highest BCUT2D eigenvalue weighted by atomic mass is 32.2. The number of benzene rings is 1. The van der Waals surface area contributed by atoms with E-state index in [4.69, 9.17) is 5.73 Å². The van der Waals surface area contributed by atoms with Gasteiger partial charge in [0, 0.05) is 17.2 Å². The van der Waals surface area contributed by atoms with E-state index in [-0.39, 0.29) is 0 Å². The van der Waals surface area contributed by atoms with Crippen LogP contribution in [0.5, 0.6) is 0 Å². The van der Waals surface area contributed by atoms with Crippen molar-refractivity contribution in [2.75, 3.05) is 32.4 Å². The fourth-order valence-electron chi connectivity index (χ4n) is 1.55. The molecule has 0 aliphatic heterocycles. The topological polar surface area (TPSA) is 29.3 Å². The number of nitrogens with zero attached hydrogens (tertiary/aromatic N) is 1. The second-order valence-electron chi connectivity index (χ2n) is 4.32. The van der Waals surface area contributed by atoms with Crippen LogP contribution in [-0.4, -0.2) is 37.3 Å². The van der Waals surface area contributed by atoms with E-state index < -0.39 is 11.7 Å². The zero-order chi connectivity index (χ0) is 14.3. The van der Waals surface area contributed by atoms with Gasteiger partial charge < -0.3 is 10.6 Å². The molecule has 0 atom stereocenters. The Hall–Kier alpha value is -0.720. The normalized spacial score (nSPS) is 12.1. The van der Waals surface area contributed by atoms with Gasteiger partial charge in [-0.1, -0.05) is 6.07 Å². The zero-order valence-corrected chi connectivity index (χ0v) is 11.7. The summed E-state index contributed by atoms with van der Waals surface area (Å²) in [6.07, 6.45) is -3.33. The van der Waals surface area contributed by atoms with Gasteiger partial charge in [-0.3, -0.25) is 0 Å². The molecule has 0 spiro atoms. The zero-order valence-electron chi connectivity index (χ0n) is 10.9. The van der Waals surface area contributed by atoms with Crippen molar-refractivity contribution in [3.05, 3.63) is 29.8 Å². The Kier molecular flexibility index (Phi) is 6.68. The van der Waals surface area contributed by atoms with Gasteiger partial charge in [-0.05, 0) is 44.8 Å². The Morgan fingerprint density at radius 1 is 1.26 bits per heavy atom. The first-order valence-corrected chi connectivity index (χ1v) is 7.10. The Bertz CT molecular complexity index is 382. The van der Waals surface area contributed by atoms with E-state index in [0.717, 1.165) is 31.3 Å². The van der Waals surface area contributed by atoms with E-state index in [1.807, 2.05) is 7.05 Å². The molecule has 6 heteroatoms. The minimum atomic E-state index is -4.27.